The number of hydrogen-bond donors (Lipinski definition) is 2. The highest BCUT2D eigenvalue weighted by molar-refractivity contribution is 7.99. The van der Waals surface area contributed by atoms with Crippen LogP contribution in [-0.4, -0.2) is 26.3 Å². The molecular weight excluding hydrogens is 351 g/mol. The number of sulfonamides is 1. The number of hydrogen-bond acceptors (Lipinski definition) is 4. The lowest BCUT2D eigenvalue weighted by molar-refractivity contribution is -0.113. The zero-order valence-corrected chi connectivity index (χ0v) is 14.8. The normalized spacial score (nSPS) is 11.1. The van der Waals surface area contributed by atoms with Gasteiger partial charge in [-0.1, -0.05) is 18.2 Å². The highest BCUT2D eigenvalue weighted by Gasteiger charge is 2.19. The van der Waals surface area contributed by atoms with Crippen molar-refractivity contribution in [3.05, 3.63) is 53.8 Å². The van der Waals surface area contributed by atoms with Crippen molar-refractivity contribution in [3.8, 4) is 0 Å². The smallest absolute Gasteiger partial charge is 0.262 e. The average molecular weight is 368 g/mol. The third-order valence-electron chi connectivity index (χ3n) is 3.16. The van der Waals surface area contributed by atoms with Crippen molar-refractivity contribution >= 4 is 39.1 Å². The SMILES string of the molecule is CSCC(=O)Nc1ccc(C)c(S(=O)(=O)Nc2ccccc2F)c1. The van der Waals surface area contributed by atoms with E-state index >= 15 is 0 Å². The molecule has 0 unspecified atom stereocenters. The molecule has 0 fully saturated rings. The van der Waals surface area contributed by atoms with E-state index in [2.05, 4.69) is 10.0 Å². The van der Waals surface area contributed by atoms with Crippen LogP contribution in [0.1, 0.15) is 5.56 Å². The standard InChI is InChI=1S/C16H17FN2O3S2/c1-11-7-8-12(18-16(20)10-23-2)9-15(11)24(21,22)19-14-6-4-3-5-13(14)17/h3-9,19H,10H2,1-2H3,(H,18,20). The lowest BCUT2D eigenvalue weighted by atomic mass is 10.2. The number of amides is 1. The molecule has 0 heterocycles. The highest BCUT2D eigenvalue weighted by Crippen LogP contribution is 2.24. The Balaban J connectivity index is 2.32. The van der Waals surface area contributed by atoms with Crippen molar-refractivity contribution in [2.75, 3.05) is 22.0 Å². The molecule has 1 amide bonds. The maximum atomic E-state index is 13.7. The Morgan fingerprint density at radius 2 is 1.92 bits per heavy atom. The molecule has 0 aromatic heterocycles. The number of rotatable bonds is 6. The summed E-state index contributed by atoms with van der Waals surface area (Å²) in [5.74, 6) is -0.622. The summed E-state index contributed by atoms with van der Waals surface area (Å²) >= 11 is 1.36. The van der Waals surface area contributed by atoms with E-state index in [-0.39, 0.29) is 22.2 Å². The van der Waals surface area contributed by atoms with Gasteiger partial charge in [-0.2, -0.15) is 11.8 Å². The average Bonchev–Trinajstić information content (AvgIpc) is 2.51. The Morgan fingerprint density at radius 3 is 2.58 bits per heavy atom. The van der Waals surface area contributed by atoms with E-state index in [0.29, 0.717) is 11.3 Å². The van der Waals surface area contributed by atoms with Crippen LogP contribution in [0.4, 0.5) is 15.8 Å². The molecule has 0 aliphatic carbocycles. The van der Waals surface area contributed by atoms with E-state index in [9.17, 15) is 17.6 Å². The molecule has 24 heavy (non-hydrogen) atoms. The van der Waals surface area contributed by atoms with Gasteiger partial charge in [-0.05, 0) is 43.0 Å². The Labute approximate surface area is 144 Å². The van der Waals surface area contributed by atoms with Crippen LogP contribution < -0.4 is 10.0 Å². The maximum Gasteiger partial charge on any atom is 0.262 e. The summed E-state index contributed by atoms with van der Waals surface area (Å²) in [5, 5.41) is 2.63. The second-order valence-electron chi connectivity index (χ2n) is 5.05. The number of carbonyl (C=O) groups is 1. The Hall–Kier alpha value is -2.06. The minimum absolute atomic E-state index is 0.0206. The highest BCUT2D eigenvalue weighted by atomic mass is 32.2. The molecule has 0 aliphatic heterocycles. The molecule has 2 N–H and O–H groups in total. The Kier molecular flexibility index (Phi) is 5.84. The van der Waals surface area contributed by atoms with Gasteiger partial charge < -0.3 is 5.32 Å². The molecule has 2 aromatic rings. The quantitative estimate of drug-likeness (QED) is 0.821. The van der Waals surface area contributed by atoms with Gasteiger partial charge >= 0.3 is 0 Å². The molecule has 8 heteroatoms. The van der Waals surface area contributed by atoms with Gasteiger partial charge in [-0.25, -0.2) is 12.8 Å². The van der Waals surface area contributed by atoms with Gasteiger partial charge in [-0.3, -0.25) is 9.52 Å². The first-order chi connectivity index (χ1) is 11.3. The van der Waals surface area contributed by atoms with Crippen LogP contribution in [0.3, 0.4) is 0 Å². The fraction of sp³-hybridized carbons (Fsp3) is 0.188. The van der Waals surface area contributed by atoms with Crippen LogP contribution in [0.25, 0.3) is 0 Å². The molecule has 0 radical (unpaired) electrons. The second kappa shape index (κ2) is 7.67. The number of para-hydroxylation sites is 1. The number of thioether (sulfide) groups is 1. The third kappa shape index (κ3) is 4.48. The minimum Gasteiger partial charge on any atom is -0.325 e. The third-order valence-corrected chi connectivity index (χ3v) is 5.21. The number of benzene rings is 2. The predicted molar refractivity (Wildman–Crippen MR) is 95.4 cm³/mol. The van der Waals surface area contributed by atoms with E-state index in [4.69, 9.17) is 0 Å². The van der Waals surface area contributed by atoms with Crippen LogP contribution in [0.2, 0.25) is 0 Å². The maximum absolute atomic E-state index is 13.7. The van der Waals surface area contributed by atoms with Crippen LogP contribution in [-0.2, 0) is 14.8 Å². The summed E-state index contributed by atoms with van der Waals surface area (Å²) in [7, 11) is -3.98. The lowest BCUT2D eigenvalue weighted by Crippen LogP contribution is -2.17. The van der Waals surface area contributed by atoms with Crippen LogP contribution in [0.5, 0.6) is 0 Å². The largest absolute Gasteiger partial charge is 0.325 e. The minimum atomic E-state index is -3.98. The second-order valence-corrected chi connectivity index (χ2v) is 7.56. The predicted octanol–water partition coefficient (Wildman–Crippen LogP) is 3.24. The van der Waals surface area contributed by atoms with Gasteiger partial charge in [0.2, 0.25) is 5.91 Å². The van der Waals surface area contributed by atoms with E-state index in [1.807, 2.05) is 0 Å². The molecule has 2 aromatic carbocycles. The van der Waals surface area contributed by atoms with E-state index in [0.717, 1.165) is 0 Å². The molecule has 128 valence electrons. The fourth-order valence-electron chi connectivity index (χ4n) is 2.04. The molecule has 0 bridgehead atoms. The van der Waals surface area contributed by atoms with Crippen molar-refractivity contribution in [2.45, 2.75) is 11.8 Å². The molecule has 0 saturated heterocycles. The van der Waals surface area contributed by atoms with Crippen LogP contribution in [0.15, 0.2) is 47.4 Å². The van der Waals surface area contributed by atoms with Crippen molar-refractivity contribution in [2.24, 2.45) is 0 Å². The van der Waals surface area contributed by atoms with Crippen LogP contribution >= 0.6 is 11.8 Å². The molecule has 2 rings (SSSR count). The summed E-state index contributed by atoms with van der Waals surface area (Å²) in [6.45, 7) is 1.63. The molecule has 0 saturated carbocycles. The van der Waals surface area contributed by atoms with Gasteiger partial charge in [0, 0.05) is 5.69 Å². The van der Waals surface area contributed by atoms with Crippen molar-refractivity contribution < 1.29 is 17.6 Å². The topological polar surface area (TPSA) is 75.3 Å². The molecule has 0 spiro atoms. The van der Waals surface area contributed by atoms with E-state index < -0.39 is 15.8 Å². The fourth-order valence-corrected chi connectivity index (χ4v) is 3.71. The summed E-state index contributed by atoms with van der Waals surface area (Å²) < 4.78 is 41.0. The number of nitrogens with one attached hydrogen (secondary N) is 2. The van der Waals surface area contributed by atoms with E-state index in [1.165, 1.54) is 42.1 Å². The van der Waals surface area contributed by atoms with Gasteiger partial charge in [0.1, 0.15) is 5.82 Å². The van der Waals surface area contributed by atoms with Gasteiger partial charge in [-0.15, -0.1) is 0 Å². The number of aryl methyl sites for hydroxylation is 1. The zero-order chi connectivity index (χ0) is 17.7. The van der Waals surface area contributed by atoms with Crippen LogP contribution in [0, 0.1) is 12.7 Å². The summed E-state index contributed by atoms with van der Waals surface area (Å²) in [4.78, 5) is 11.6. The molecule has 5 nitrogen and oxygen atoms in total. The Bertz CT molecular complexity index is 854. The lowest BCUT2D eigenvalue weighted by Gasteiger charge is -2.13. The Morgan fingerprint density at radius 1 is 1.21 bits per heavy atom. The summed E-state index contributed by atoms with van der Waals surface area (Å²) in [5.41, 5.74) is 0.726. The van der Waals surface area contributed by atoms with Crippen molar-refractivity contribution in [1.29, 1.82) is 0 Å². The van der Waals surface area contributed by atoms with Gasteiger partial charge in [0.25, 0.3) is 10.0 Å². The first-order valence-corrected chi connectivity index (χ1v) is 9.88. The summed E-state index contributed by atoms with van der Waals surface area (Å²) in [6, 6.07) is 10.1. The molecule has 0 aliphatic rings. The van der Waals surface area contributed by atoms with Crippen molar-refractivity contribution in [3.63, 3.8) is 0 Å². The van der Waals surface area contributed by atoms with Gasteiger partial charge in [0.15, 0.2) is 0 Å². The monoisotopic (exact) mass is 368 g/mol. The number of anilines is 2. The number of carbonyl (C=O) groups excluding carboxylic acids is 1. The number of halogens is 1. The van der Waals surface area contributed by atoms with E-state index in [1.54, 1.807) is 25.3 Å². The molecule has 0 atom stereocenters. The first-order valence-electron chi connectivity index (χ1n) is 7.00. The van der Waals surface area contributed by atoms with Crippen molar-refractivity contribution in [1.82, 2.24) is 0 Å². The zero-order valence-electron chi connectivity index (χ0n) is 13.2. The first kappa shape index (κ1) is 18.3. The van der Waals surface area contributed by atoms with Gasteiger partial charge in [0.05, 0.1) is 16.3 Å². The molecular formula is C16H17FN2O3S2. The summed E-state index contributed by atoms with van der Waals surface area (Å²) in [6.07, 6.45) is 1.79.